The van der Waals surface area contributed by atoms with Gasteiger partial charge in [-0.2, -0.15) is 0 Å². The average Bonchev–Trinajstić information content (AvgIpc) is 3.45. The fourth-order valence-corrected chi connectivity index (χ4v) is 4.68. The lowest BCUT2D eigenvalue weighted by molar-refractivity contribution is -0.127. The molecule has 0 radical (unpaired) electrons. The molecule has 150 valence electrons. The molecule has 29 heavy (non-hydrogen) atoms. The molecule has 1 fully saturated rings. The molecule has 1 saturated heterocycles. The Labute approximate surface area is 178 Å². The van der Waals surface area contributed by atoms with Crippen LogP contribution in [0, 0.1) is 0 Å². The lowest BCUT2D eigenvalue weighted by Gasteiger charge is -2.33. The SMILES string of the molecule is COc1ccc(-c2nc(CN3CCN(C(=O)/C=C/c4cccs4)CC3)cs2)cc1. The Morgan fingerprint density at radius 1 is 1.14 bits per heavy atom. The van der Waals surface area contributed by atoms with Crippen LogP contribution < -0.4 is 4.74 Å². The number of hydrogen-bond donors (Lipinski definition) is 0. The Balaban J connectivity index is 1.28. The number of nitrogens with zero attached hydrogens (tertiary/aromatic N) is 3. The van der Waals surface area contributed by atoms with Gasteiger partial charge in [0.25, 0.3) is 0 Å². The Bertz CT molecular complexity index is 956. The fraction of sp³-hybridized carbons (Fsp3) is 0.273. The van der Waals surface area contributed by atoms with Crippen molar-refractivity contribution in [2.75, 3.05) is 33.3 Å². The van der Waals surface area contributed by atoms with E-state index >= 15 is 0 Å². The summed E-state index contributed by atoms with van der Waals surface area (Å²) >= 11 is 3.30. The zero-order chi connectivity index (χ0) is 20.1. The molecule has 3 heterocycles. The maximum Gasteiger partial charge on any atom is 0.246 e. The number of hydrogen-bond acceptors (Lipinski definition) is 6. The van der Waals surface area contributed by atoms with E-state index in [1.165, 1.54) is 0 Å². The molecule has 4 rings (SSSR count). The van der Waals surface area contributed by atoms with Crippen LogP contribution in [0.3, 0.4) is 0 Å². The van der Waals surface area contributed by atoms with E-state index in [1.807, 2.05) is 52.8 Å². The number of thiazole rings is 1. The summed E-state index contributed by atoms with van der Waals surface area (Å²) in [4.78, 5) is 22.5. The van der Waals surface area contributed by atoms with Crippen LogP contribution in [-0.2, 0) is 11.3 Å². The van der Waals surface area contributed by atoms with Crippen molar-refractivity contribution >= 4 is 34.7 Å². The predicted octanol–water partition coefficient (Wildman–Crippen LogP) is 4.24. The number of amides is 1. The molecule has 1 aromatic carbocycles. The van der Waals surface area contributed by atoms with E-state index in [1.54, 1.807) is 35.9 Å². The molecule has 0 N–H and O–H groups in total. The molecule has 0 aliphatic carbocycles. The normalized spacial score (nSPS) is 15.1. The van der Waals surface area contributed by atoms with Gasteiger partial charge in [-0.1, -0.05) is 6.07 Å². The molecule has 7 heteroatoms. The first-order chi connectivity index (χ1) is 14.2. The summed E-state index contributed by atoms with van der Waals surface area (Å²) in [5.41, 5.74) is 2.19. The molecule has 0 spiro atoms. The van der Waals surface area contributed by atoms with Gasteiger partial charge in [0.1, 0.15) is 10.8 Å². The van der Waals surface area contributed by atoms with E-state index in [9.17, 15) is 4.79 Å². The number of piperazine rings is 1. The van der Waals surface area contributed by atoms with Crippen molar-refractivity contribution in [3.8, 4) is 16.3 Å². The van der Waals surface area contributed by atoms with Crippen molar-refractivity contribution in [3.05, 3.63) is 63.8 Å². The summed E-state index contributed by atoms with van der Waals surface area (Å²) < 4.78 is 5.21. The van der Waals surface area contributed by atoms with Gasteiger partial charge >= 0.3 is 0 Å². The minimum Gasteiger partial charge on any atom is -0.497 e. The molecule has 5 nitrogen and oxygen atoms in total. The van der Waals surface area contributed by atoms with Gasteiger partial charge in [0.05, 0.1) is 12.8 Å². The molecule has 1 amide bonds. The highest BCUT2D eigenvalue weighted by Crippen LogP contribution is 2.26. The summed E-state index contributed by atoms with van der Waals surface area (Å²) in [6.07, 6.45) is 3.58. The number of methoxy groups -OCH3 is 1. The van der Waals surface area contributed by atoms with Crippen molar-refractivity contribution < 1.29 is 9.53 Å². The highest BCUT2D eigenvalue weighted by Gasteiger charge is 2.20. The predicted molar refractivity (Wildman–Crippen MR) is 119 cm³/mol. The molecule has 0 unspecified atom stereocenters. The average molecular weight is 426 g/mol. The van der Waals surface area contributed by atoms with Crippen molar-refractivity contribution in [1.82, 2.24) is 14.8 Å². The summed E-state index contributed by atoms with van der Waals surface area (Å²) in [6, 6.07) is 12.0. The Morgan fingerprint density at radius 3 is 2.62 bits per heavy atom. The lowest BCUT2D eigenvalue weighted by atomic mass is 10.2. The smallest absolute Gasteiger partial charge is 0.246 e. The summed E-state index contributed by atoms with van der Waals surface area (Å²) in [5, 5.41) is 5.16. The molecular formula is C22H23N3O2S2. The highest BCUT2D eigenvalue weighted by atomic mass is 32.1. The zero-order valence-electron chi connectivity index (χ0n) is 16.3. The third-order valence-corrected chi connectivity index (χ3v) is 6.67. The number of benzene rings is 1. The van der Waals surface area contributed by atoms with Crippen molar-refractivity contribution in [2.24, 2.45) is 0 Å². The van der Waals surface area contributed by atoms with Crippen LogP contribution in [0.5, 0.6) is 5.75 Å². The minimum absolute atomic E-state index is 0.0912. The van der Waals surface area contributed by atoms with Gasteiger partial charge in [0, 0.05) is 54.6 Å². The maximum atomic E-state index is 12.4. The van der Waals surface area contributed by atoms with E-state index in [2.05, 4.69) is 10.3 Å². The third kappa shape index (κ3) is 5.12. The summed E-state index contributed by atoms with van der Waals surface area (Å²) in [5.74, 6) is 0.941. The molecule has 1 aliphatic heterocycles. The first-order valence-corrected chi connectivity index (χ1v) is 11.3. The Morgan fingerprint density at radius 2 is 1.93 bits per heavy atom. The standard InChI is InChI=1S/C22H23N3O2S2/c1-27-19-6-4-17(5-7-19)22-23-18(16-29-22)15-24-10-12-25(13-11-24)21(26)9-8-20-3-2-14-28-20/h2-9,14,16H,10-13,15H2,1H3/b9-8+. The minimum atomic E-state index is 0.0912. The molecular weight excluding hydrogens is 402 g/mol. The van der Waals surface area contributed by atoms with E-state index in [-0.39, 0.29) is 5.91 Å². The number of aromatic nitrogens is 1. The van der Waals surface area contributed by atoms with Gasteiger partial charge in [0.15, 0.2) is 0 Å². The summed E-state index contributed by atoms with van der Waals surface area (Å²) in [7, 11) is 1.67. The van der Waals surface area contributed by atoms with E-state index in [0.717, 1.165) is 59.6 Å². The van der Waals surface area contributed by atoms with Gasteiger partial charge in [-0.3, -0.25) is 9.69 Å². The fourth-order valence-electron chi connectivity index (χ4n) is 3.25. The van der Waals surface area contributed by atoms with Crippen LogP contribution in [0.1, 0.15) is 10.6 Å². The van der Waals surface area contributed by atoms with Crippen LogP contribution in [0.2, 0.25) is 0 Å². The Hall–Kier alpha value is -2.48. The second-order valence-corrected chi connectivity index (χ2v) is 8.66. The summed E-state index contributed by atoms with van der Waals surface area (Å²) in [6.45, 7) is 4.06. The molecule has 0 bridgehead atoms. The van der Waals surface area contributed by atoms with Gasteiger partial charge < -0.3 is 9.64 Å². The molecule has 0 atom stereocenters. The Kier molecular flexibility index (Phi) is 6.39. The number of carbonyl (C=O) groups excluding carboxylic acids is 1. The van der Waals surface area contributed by atoms with Crippen LogP contribution in [0.25, 0.3) is 16.6 Å². The number of thiophene rings is 1. The van der Waals surface area contributed by atoms with Crippen LogP contribution in [0.4, 0.5) is 0 Å². The second kappa shape index (κ2) is 9.35. The van der Waals surface area contributed by atoms with Gasteiger partial charge in [-0.05, 0) is 41.8 Å². The third-order valence-electron chi connectivity index (χ3n) is 4.89. The van der Waals surface area contributed by atoms with E-state index in [0.29, 0.717) is 0 Å². The molecule has 2 aromatic heterocycles. The van der Waals surface area contributed by atoms with Crippen molar-refractivity contribution in [3.63, 3.8) is 0 Å². The maximum absolute atomic E-state index is 12.4. The van der Waals surface area contributed by atoms with Gasteiger partial charge in [-0.15, -0.1) is 22.7 Å². The van der Waals surface area contributed by atoms with Crippen molar-refractivity contribution in [1.29, 1.82) is 0 Å². The first-order valence-electron chi connectivity index (χ1n) is 9.53. The zero-order valence-corrected chi connectivity index (χ0v) is 17.9. The lowest BCUT2D eigenvalue weighted by Crippen LogP contribution is -2.47. The van der Waals surface area contributed by atoms with E-state index < -0.39 is 0 Å². The largest absolute Gasteiger partial charge is 0.497 e. The van der Waals surface area contributed by atoms with Crippen LogP contribution in [-0.4, -0.2) is 54.0 Å². The number of carbonyl (C=O) groups is 1. The first kappa shape index (κ1) is 19.8. The van der Waals surface area contributed by atoms with Gasteiger partial charge in [-0.25, -0.2) is 4.98 Å². The van der Waals surface area contributed by atoms with E-state index in [4.69, 9.17) is 9.72 Å². The van der Waals surface area contributed by atoms with Crippen LogP contribution in [0.15, 0.2) is 53.2 Å². The molecule has 0 saturated carbocycles. The number of ether oxygens (including phenoxy) is 1. The second-order valence-electron chi connectivity index (χ2n) is 6.82. The topological polar surface area (TPSA) is 45.7 Å². The van der Waals surface area contributed by atoms with Gasteiger partial charge in [0.2, 0.25) is 5.91 Å². The van der Waals surface area contributed by atoms with Crippen LogP contribution >= 0.6 is 22.7 Å². The molecule has 3 aromatic rings. The quantitative estimate of drug-likeness (QED) is 0.554. The molecule has 1 aliphatic rings. The highest BCUT2D eigenvalue weighted by molar-refractivity contribution is 7.13. The van der Waals surface area contributed by atoms with Crippen molar-refractivity contribution in [2.45, 2.75) is 6.54 Å². The monoisotopic (exact) mass is 425 g/mol. The number of rotatable bonds is 6.